The van der Waals surface area contributed by atoms with Crippen molar-refractivity contribution in [1.29, 1.82) is 0 Å². The van der Waals surface area contributed by atoms with Crippen molar-refractivity contribution in [2.45, 2.75) is 32.9 Å². The Balaban J connectivity index is 0.00000192. The monoisotopic (exact) mass is 331 g/mol. The van der Waals surface area contributed by atoms with E-state index in [4.69, 9.17) is 0 Å². The maximum atomic E-state index is 4.57. The van der Waals surface area contributed by atoms with Crippen molar-refractivity contribution < 1.29 is 0 Å². The van der Waals surface area contributed by atoms with E-state index in [1.165, 1.54) is 22.4 Å². The fraction of sp³-hybridized carbons (Fsp3) is 0.421. The molecular formula is C19H26ClN3. The molecule has 2 heterocycles. The second kappa shape index (κ2) is 8.44. The molecule has 3 rings (SSSR count). The van der Waals surface area contributed by atoms with Crippen LogP contribution in [0.25, 0.3) is 0 Å². The summed E-state index contributed by atoms with van der Waals surface area (Å²) in [5.41, 5.74) is 5.28. The highest BCUT2D eigenvalue weighted by atomic mass is 35.5. The Labute approximate surface area is 145 Å². The topological polar surface area (TPSA) is 28.2 Å². The van der Waals surface area contributed by atoms with E-state index in [1.54, 1.807) is 0 Å². The fourth-order valence-corrected chi connectivity index (χ4v) is 3.12. The molecule has 1 aliphatic rings. The van der Waals surface area contributed by atoms with Gasteiger partial charge in [-0.2, -0.15) is 0 Å². The van der Waals surface area contributed by atoms with Crippen LogP contribution in [0, 0.1) is 6.92 Å². The summed E-state index contributed by atoms with van der Waals surface area (Å²) in [6.07, 6.45) is 3.00. The number of piperazine rings is 1. The number of hydrogen-bond acceptors (Lipinski definition) is 3. The fourth-order valence-electron chi connectivity index (χ4n) is 3.12. The van der Waals surface area contributed by atoms with E-state index in [0.29, 0.717) is 6.04 Å². The van der Waals surface area contributed by atoms with E-state index in [9.17, 15) is 0 Å². The summed E-state index contributed by atoms with van der Waals surface area (Å²) < 4.78 is 0. The molecule has 1 fully saturated rings. The predicted molar refractivity (Wildman–Crippen MR) is 98.1 cm³/mol. The van der Waals surface area contributed by atoms with Gasteiger partial charge in [-0.15, -0.1) is 12.4 Å². The highest BCUT2D eigenvalue weighted by Gasteiger charge is 2.24. The second-order valence-corrected chi connectivity index (χ2v) is 6.05. The van der Waals surface area contributed by atoms with Gasteiger partial charge in [0, 0.05) is 38.4 Å². The molecule has 0 radical (unpaired) electrons. The zero-order valence-corrected chi connectivity index (χ0v) is 14.8. The maximum absolute atomic E-state index is 4.57. The zero-order chi connectivity index (χ0) is 15.4. The molecule has 1 aromatic heterocycles. The van der Waals surface area contributed by atoms with Crippen molar-refractivity contribution in [2.75, 3.05) is 19.6 Å². The molecule has 0 saturated carbocycles. The van der Waals surface area contributed by atoms with Crippen LogP contribution in [0.4, 0.5) is 0 Å². The first-order chi connectivity index (χ1) is 10.8. The molecule has 124 valence electrons. The Bertz CT molecular complexity index is 612. The summed E-state index contributed by atoms with van der Waals surface area (Å²) in [6.45, 7) is 8.40. The van der Waals surface area contributed by atoms with E-state index < -0.39 is 0 Å². The van der Waals surface area contributed by atoms with Crippen molar-refractivity contribution in [3.05, 3.63) is 65.0 Å². The van der Waals surface area contributed by atoms with Crippen LogP contribution < -0.4 is 5.32 Å². The van der Waals surface area contributed by atoms with Crippen LogP contribution in [-0.4, -0.2) is 29.5 Å². The summed E-state index contributed by atoms with van der Waals surface area (Å²) in [5, 5.41) is 3.53. The standard InChI is InChI=1S/C19H25N3.ClH/c1-3-16-6-8-17(9-7-16)19-13-20-11-12-22(19)14-18-15(2)5-4-10-21-18;/h4-10,19-20H,3,11-14H2,1-2H3;1H. The molecule has 1 aliphatic heterocycles. The average molecular weight is 332 g/mol. The van der Waals surface area contributed by atoms with Gasteiger partial charge in [0.2, 0.25) is 0 Å². The molecule has 1 atom stereocenters. The molecule has 3 nitrogen and oxygen atoms in total. The van der Waals surface area contributed by atoms with Gasteiger partial charge < -0.3 is 5.32 Å². The van der Waals surface area contributed by atoms with Gasteiger partial charge in [-0.25, -0.2) is 0 Å². The molecule has 0 amide bonds. The van der Waals surface area contributed by atoms with Gasteiger partial charge in [0.05, 0.1) is 5.69 Å². The molecule has 23 heavy (non-hydrogen) atoms. The molecule has 0 bridgehead atoms. The van der Waals surface area contributed by atoms with Gasteiger partial charge in [-0.05, 0) is 36.1 Å². The van der Waals surface area contributed by atoms with E-state index in [0.717, 1.165) is 32.6 Å². The Kier molecular flexibility index (Phi) is 6.58. The van der Waals surface area contributed by atoms with E-state index in [2.05, 4.69) is 59.4 Å². The molecule has 1 saturated heterocycles. The third-order valence-corrected chi connectivity index (χ3v) is 4.60. The van der Waals surface area contributed by atoms with Crippen LogP contribution in [0.15, 0.2) is 42.6 Å². The minimum absolute atomic E-state index is 0. The van der Waals surface area contributed by atoms with E-state index >= 15 is 0 Å². The van der Waals surface area contributed by atoms with Gasteiger partial charge in [0.25, 0.3) is 0 Å². The van der Waals surface area contributed by atoms with E-state index in [-0.39, 0.29) is 12.4 Å². The lowest BCUT2D eigenvalue weighted by Gasteiger charge is -2.36. The third kappa shape index (κ3) is 4.31. The second-order valence-electron chi connectivity index (χ2n) is 6.05. The molecule has 0 spiro atoms. The maximum Gasteiger partial charge on any atom is 0.0573 e. The third-order valence-electron chi connectivity index (χ3n) is 4.60. The van der Waals surface area contributed by atoms with Gasteiger partial charge in [-0.1, -0.05) is 37.3 Å². The molecule has 1 N–H and O–H groups in total. The number of nitrogens with zero attached hydrogens (tertiary/aromatic N) is 2. The highest BCUT2D eigenvalue weighted by molar-refractivity contribution is 5.85. The average Bonchev–Trinajstić information content (AvgIpc) is 2.58. The van der Waals surface area contributed by atoms with Gasteiger partial charge >= 0.3 is 0 Å². The van der Waals surface area contributed by atoms with Gasteiger partial charge in [-0.3, -0.25) is 9.88 Å². The molecule has 2 aromatic rings. The summed E-state index contributed by atoms with van der Waals surface area (Å²) in [6, 6.07) is 13.7. The molecule has 1 unspecified atom stereocenters. The minimum Gasteiger partial charge on any atom is -0.314 e. The van der Waals surface area contributed by atoms with Crippen molar-refractivity contribution in [3.63, 3.8) is 0 Å². The number of pyridine rings is 1. The molecule has 1 aromatic carbocycles. The van der Waals surface area contributed by atoms with E-state index in [1.807, 2.05) is 12.3 Å². The van der Waals surface area contributed by atoms with Crippen LogP contribution >= 0.6 is 12.4 Å². The Morgan fingerprint density at radius 3 is 2.70 bits per heavy atom. The summed E-state index contributed by atoms with van der Waals surface area (Å²) in [4.78, 5) is 7.11. The Morgan fingerprint density at radius 1 is 1.22 bits per heavy atom. The summed E-state index contributed by atoms with van der Waals surface area (Å²) >= 11 is 0. The number of rotatable bonds is 4. The first-order valence-electron chi connectivity index (χ1n) is 8.22. The lowest BCUT2D eigenvalue weighted by atomic mass is 10.0. The number of aryl methyl sites for hydroxylation is 2. The van der Waals surface area contributed by atoms with Crippen LogP contribution in [0.1, 0.15) is 35.3 Å². The summed E-state index contributed by atoms with van der Waals surface area (Å²) in [7, 11) is 0. The number of hydrogen-bond donors (Lipinski definition) is 1. The number of nitrogens with one attached hydrogen (secondary N) is 1. The van der Waals surface area contributed by atoms with Gasteiger partial charge in [0.1, 0.15) is 0 Å². The zero-order valence-electron chi connectivity index (χ0n) is 14.0. The van der Waals surface area contributed by atoms with Crippen LogP contribution in [-0.2, 0) is 13.0 Å². The van der Waals surface area contributed by atoms with Crippen LogP contribution in [0.3, 0.4) is 0 Å². The van der Waals surface area contributed by atoms with Crippen molar-refractivity contribution in [3.8, 4) is 0 Å². The normalized spacial score (nSPS) is 18.4. The first-order valence-corrected chi connectivity index (χ1v) is 8.22. The lowest BCUT2D eigenvalue weighted by Crippen LogP contribution is -2.45. The number of halogens is 1. The quantitative estimate of drug-likeness (QED) is 0.929. The predicted octanol–water partition coefficient (Wildman–Crippen LogP) is 3.52. The smallest absolute Gasteiger partial charge is 0.0573 e. The highest BCUT2D eigenvalue weighted by Crippen LogP contribution is 2.24. The molecule has 0 aliphatic carbocycles. The SMILES string of the molecule is CCc1ccc(C2CNCCN2Cc2ncccc2C)cc1.Cl. The van der Waals surface area contributed by atoms with Crippen molar-refractivity contribution in [2.24, 2.45) is 0 Å². The number of benzene rings is 1. The first kappa shape index (κ1) is 17.9. The lowest BCUT2D eigenvalue weighted by molar-refractivity contribution is 0.151. The summed E-state index contributed by atoms with van der Waals surface area (Å²) in [5.74, 6) is 0. The van der Waals surface area contributed by atoms with Gasteiger partial charge in [0.15, 0.2) is 0 Å². The van der Waals surface area contributed by atoms with Crippen LogP contribution in [0.2, 0.25) is 0 Å². The van der Waals surface area contributed by atoms with Crippen molar-refractivity contribution >= 4 is 12.4 Å². The Morgan fingerprint density at radius 2 is 2.00 bits per heavy atom. The minimum atomic E-state index is 0. The largest absolute Gasteiger partial charge is 0.314 e. The van der Waals surface area contributed by atoms with Crippen molar-refractivity contribution in [1.82, 2.24) is 15.2 Å². The molecular weight excluding hydrogens is 306 g/mol. The number of aromatic nitrogens is 1. The molecule has 4 heteroatoms. The van der Waals surface area contributed by atoms with Crippen LogP contribution in [0.5, 0.6) is 0 Å². The Hall–Kier alpha value is -1.42.